The molecule has 34 heavy (non-hydrogen) atoms. The van der Waals surface area contributed by atoms with Crippen molar-refractivity contribution in [2.24, 2.45) is 0 Å². The van der Waals surface area contributed by atoms with Crippen molar-refractivity contribution in [2.75, 3.05) is 29.8 Å². The van der Waals surface area contributed by atoms with Crippen LogP contribution >= 0.6 is 11.8 Å². The Kier molecular flexibility index (Phi) is 7.23. The van der Waals surface area contributed by atoms with Gasteiger partial charge in [0.1, 0.15) is 10.8 Å². The lowest BCUT2D eigenvalue weighted by Gasteiger charge is -2.10. The number of nitrogens with zero attached hydrogens (tertiary/aromatic N) is 1. The molecule has 0 saturated carbocycles. The molecule has 11 heteroatoms. The number of aromatic nitrogens is 1. The number of ether oxygens (including phenoxy) is 3. The van der Waals surface area contributed by atoms with Crippen molar-refractivity contribution in [3.8, 4) is 11.5 Å². The van der Waals surface area contributed by atoms with E-state index in [4.69, 9.17) is 14.2 Å². The highest BCUT2D eigenvalue weighted by atomic mass is 32.2. The number of fused-ring (bicyclic) bond motifs is 1. The van der Waals surface area contributed by atoms with E-state index in [-0.39, 0.29) is 34.7 Å². The van der Waals surface area contributed by atoms with Crippen LogP contribution in [0.15, 0.2) is 65.8 Å². The third-order valence-electron chi connectivity index (χ3n) is 4.43. The van der Waals surface area contributed by atoms with Gasteiger partial charge in [0, 0.05) is 23.6 Å². The van der Waals surface area contributed by atoms with Crippen LogP contribution < -0.4 is 20.1 Å². The van der Waals surface area contributed by atoms with Gasteiger partial charge in [-0.25, -0.2) is 14.2 Å². The smallest absolute Gasteiger partial charge is 0.341 e. The summed E-state index contributed by atoms with van der Waals surface area (Å²) in [6.45, 7) is -0.438. The number of hydrogen-bond donors (Lipinski definition) is 2. The lowest BCUT2D eigenvalue weighted by atomic mass is 10.3. The van der Waals surface area contributed by atoms with Crippen LogP contribution in [0.5, 0.6) is 11.5 Å². The standard InChI is InChI=1S/C23H18FN3O6S/c24-14-3-1-4-15(9-14)26-20(28)11-31-23(30)17-5-2-8-25-22(17)34-12-21(29)27-16-6-7-18-19(10-16)33-13-32-18/h1-10H,11-13H2,(H,26,28)(H,27,29). The Hall–Kier alpha value is -4.12. The molecule has 1 aromatic heterocycles. The van der Waals surface area contributed by atoms with Gasteiger partial charge in [0.2, 0.25) is 12.7 Å². The summed E-state index contributed by atoms with van der Waals surface area (Å²) in [6.07, 6.45) is 1.48. The molecule has 0 bridgehead atoms. The topological polar surface area (TPSA) is 116 Å². The number of anilines is 2. The number of carbonyl (C=O) groups is 3. The number of hydrogen-bond acceptors (Lipinski definition) is 8. The molecule has 1 aliphatic heterocycles. The molecule has 2 N–H and O–H groups in total. The number of esters is 1. The molecule has 9 nitrogen and oxygen atoms in total. The highest BCUT2D eigenvalue weighted by Crippen LogP contribution is 2.34. The minimum atomic E-state index is -0.777. The number of halogens is 1. The van der Waals surface area contributed by atoms with Crippen LogP contribution in [-0.4, -0.2) is 41.9 Å². The zero-order valence-electron chi connectivity index (χ0n) is 17.6. The van der Waals surface area contributed by atoms with Gasteiger partial charge in [-0.05, 0) is 42.5 Å². The molecule has 2 amide bonds. The fraction of sp³-hybridized carbons (Fsp3) is 0.130. The van der Waals surface area contributed by atoms with E-state index in [1.54, 1.807) is 24.3 Å². The zero-order chi connectivity index (χ0) is 23.9. The van der Waals surface area contributed by atoms with Gasteiger partial charge in [0.15, 0.2) is 18.1 Å². The molecular formula is C23H18FN3O6S. The third-order valence-corrected chi connectivity index (χ3v) is 5.44. The lowest BCUT2D eigenvalue weighted by Crippen LogP contribution is -2.21. The monoisotopic (exact) mass is 483 g/mol. The highest BCUT2D eigenvalue weighted by Gasteiger charge is 2.18. The van der Waals surface area contributed by atoms with E-state index in [9.17, 15) is 18.8 Å². The Bertz CT molecular complexity index is 1240. The summed E-state index contributed by atoms with van der Waals surface area (Å²) in [5, 5.41) is 5.45. The molecule has 0 fully saturated rings. The van der Waals surface area contributed by atoms with E-state index in [0.717, 1.165) is 17.8 Å². The second-order valence-corrected chi connectivity index (χ2v) is 7.86. The van der Waals surface area contributed by atoms with Crippen molar-refractivity contribution in [3.05, 3.63) is 72.2 Å². The molecule has 1 aliphatic rings. The first kappa shape index (κ1) is 23.1. The number of thioether (sulfide) groups is 1. The van der Waals surface area contributed by atoms with Gasteiger partial charge in [-0.15, -0.1) is 0 Å². The molecule has 0 radical (unpaired) electrons. The van der Waals surface area contributed by atoms with Crippen LogP contribution in [0.25, 0.3) is 0 Å². The first-order valence-corrected chi connectivity index (χ1v) is 11.0. The molecule has 174 valence electrons. The molecule has 0 atom stereocenters. The minimum Gasteiger partial charge on any atom is -0.454 e. The zero-order valence-corrected chi connectivity index (χ0v) is 18.4. The van der Waals surface area contributed by atoms with Gasteiger partial charge in [-0.3, -0.25) is 9.59 Å². The maximum atomic E-state index is 13.2. The second kappa shape index (κ2) is 10.7. The van der Waals surface area contributed by atoms with Crippen LogP contribution in [0.4, 0.5) is 15.8 Å². The number of carbonyl (C=O) groups excluding carboxylic acids is 3. The first-order valence-electron chi connectivity index (χ1n) is 9.98. The Morgan fingerprint density at radius 3 is 2.62 bits per heavy atom. The molecule has 0 saturated heterocycles. The van der Waals surface area contributed by atoms with Gasteiger partial charge in [0.25, 0.3) is 5.91 Å². The van der Waals surface area contributed by atoms with E-state index >= 15 is 0 Å². The molecule has 0 spiro atoms. The molecule has 3 aromatic rings. The van der Waals surface area contributed by atoms with Crippen LogP contribution in [-0.2, 0) is 14.3 Å². The summed E-state index contributed by atoms with van der Waals surface area (Å²) in [6, 6.07) is 13.4. The number of pyridine rings is 1. The van der Waals surface area contributed by atoms with Crippen molar-refractivity contribution in [2.45, 2.75) is 5.03 Å². The second-order valence-electron chi connectivity index (χ2n) is 6.90. The van der Waals surface area contributed by atoms with Crippen molar-refractivity contribution in [1.29, 1.82) is 0 Å². The van der Waals surface area contributed by atoms with Crippen LogP contribution in [0.1, 0.15) is 10.4 Å². The van der Waals surface area contributed by atoms with E-state index in [2.05, 4.69) is 15.6 Å². The molecule has 0 unspecified atom stereocenters. The molecule has 0 aliphatic carbocycles. The maximum absolute atomic E-state index is 13.2. The van der Waals surface area contributed by atoms with Gasteiger partial charge >= 0.3 is 5.97 Å². The van der Waals surface area contributed by atoms with Crippen molar-refractivity contribution >= 4 is 40.9 Å². The van der Waals surface area contributed by atoms with E-state index in [1.807, 2.05) is 0 Å². The van der Waals surface area contributed by atoms with E-state index < -0.39 is 24.3 Å². The fourth-order valence-electron chi connectivity index (χ4n) is 2.94. The molecular weight excluding hydrogens is 465 g/mol. The summed E-state index contributed by atoms with van der Waals surface area (Å²) in [4.78, 5) is 41.0. The van der Waals surface area contributed by atoms with Crippen LogP contribution in [0.2, 0.25) is 0 Å². The summed E-state index contributed by atoms with van der Waals surface area (Å²) in [5.41, 5.74) is 0.897. The average molecular weight is 483 g/mol. The SMILES string of the molecule is O=C(COC(=O)c1cccnc1SCC(=O)Nc1ccc2c(c1)OCO2)Nc1cccc(F)c1. The number of nitrogens with one attached hydrogen (secondary N) is 2. The fourth-order valence-corrected chi connectivity index (χ4v) is 3.72. The summed E-state index contributed by atoms with van der Waals surface area (Å²) in [7, 11) is 0. The maximum Gasteiger partial charge on any atom is 0.341 e. The van der Waals surface area contributed by atoms with Gasteiger partial charge in [0.05, 0.1) is 11.3 Å². The third kappa shape index (κ3) is 6.01. The normalized spacial score (nSPS) is 11.6. The van der Waals surface area contributed by atoms with E-state index in [0.29, 0.717) is 17.2 Å². The lowest BCUT2D eigenvalue weighted by molar-refractivity contribution is -0.119. The minimum absolute atomic E-state index is 0.0220. The molecule has 4 rings (SSSR count). The Balaban J connectivity index is 1.29. The average Bonchev–Trinajstić information content (AvgIpc) is 3.29. The summed E-state index contributed by atoms with van der Waals surface area (Å²) in [5.74, 6) is -1.10. The Labute approximate surface area is 197 Å². The summed E-state index contributed by atoms with van der Waals surface area (Å²) < 4.78 is 28.8. The predicted octanol–water partition coefficient (Wildman–Crippen LogP) is 3.48. The quantitative estimate of drug-likeness (QED) is 0.370. The Morgan fingerprint density at radius 2 is 1.76 bits per heavy atom. The van der Waals surface area contributed by atoms with Crippen LogP contribution in [0, 0.1) is 5.82 Å². The molecule has 2 aromatic carbocycles. The van der Waals surface area contributed by atoms with E-state index in [1.165, 1.54) is 30.5 Å². The first-order chi connectivity index (χ1) is 16.5. The van der Waals surface area contributed by atoms with Crippen molar-refractivity contribution < 1.29 is 33.0 Å². The Morgan fingerprint density at radius 1 is 0.971 bits per heavy atom. The van der Waals surface area contributed by atoms with Crippen molar-refractivity contribution in [1.82, 2.24) is 4.98 Å². The van der Waals surface area contributed by atoms with Gasteiger partial charge in [-0.1, -0.05) is 17.8 Å². The largest absolute Gasteiger partial charge is 0.454 e. The molecule has 2 heterocycles. The van der Waals surface area contributed by atoms with Crippen LogP contribution in [0.3, 0.4) is 0 Å². The number of benzene rings is 2. The number of amides is 2. The van der Waals surface area contributed by atoms with Gasteiger partial charge in [-0.2, -0.15) is 0 Å². The number of rotatable bonds is 8. The van der Waals surface area contributed by atoms with Crippen molar-refractivity contribution in [3.63, 3.8) is 0 Å². The predicted molar refractivity (Wildman–Crippen MR) is 121 cm³/mol. The summed E-state index contributed by atoms with van der Waals surface area (Å²) >= 11 is 1.04. The van der Waals surface area contributed by atoms with Gasteiger partial charge < -0.3 is 24.8 Å². The highest BCUT2D eigenvalue weighted by molar-refractivity contribution is 8.00.